The summed E-state index contributed by atoms with van der Waals surface area (Å²) in [5, 5.41) is 5.51. The van der Waals surface area contributed by atoms with Crippen LogP contribution >= 0.6 is 0 Å². The van der Waals surface area contributed by atoms with Crippen molar-refractivity contribution in [3.05, 3.63) is 41.5 Å². The van der Waals surface area contributed by atoms with E-state index in [0.717, 1.165) is 18.5 Å². The summed E-state index contributed by atoms with van der Waals surface area (Å²) in [5.74, 6) is 0.0729. The average molecular weight is 225 g/mol. The van der Waals surface area contributed by atoms with Crippen LogP contribution in [0.4, 0.5) is 5.69 Å². The number of carbonyl (C=O) groups excluding carboxylic acids is 1. The normalized spacial score (nSPS) is 13.0. The Kier molecular flexibility index (Phi) is 2.36. The minimum absolute atomic E-state index is 0.0729. The molecule has 0 saturated heterocycles. The lowest BCUT2D eigenvalue weighted by Gasteiger charge is -2.09. The van der Waals surface area contributed by atoms with Gasteiger partial charge in [-0.15, -0.1) is 0 Å². The summed E-state index contributed by atoms with van der Waals surface area (Å²) in [6, 6.07) is 10.5. The minimum atomic E-state index is 0.0729. The Morgan fingerprint density at radius 1 is 1.18 bits per heavy atom. The molecule has 0 heterocycles. The smallest absolute Gasteiger partial charge is 0.224 e. The van der Waals surface area contributed by atoms with E-state index in [1.165, 1.54) is 21.9 Å². The first-order valence-electron chi connectivity index (χ1n) is 6.13. The molecular formula is C15H15NO. The molecule has 0 saturated carbocycles. The number of hydrogen-bond donors (Lipinski definition) is 1. The maximum absolute atomic E-state index is 11.5. The van der Waals surface area contributed by atoms with Crippen molar-refractivity contribution in [2.45, 2.75) is 26.2 Å². The first kappa shape index (κ1) is 10.3. The molecule has 3 rings (SSSR count). The summed E-state index contributed by atoms with van der Waals surface area (Å²) in [7, 11) is 0. The summed E-state index contributed by atoms with van der Waals surface area (Å²) in [4.78, 5) is 11.5. The summed E-state index contributed by atoms with van der Waals surface area (Å²) in [6.45, 7) is 1.87. The zero-order valence-electron chi connectivity index (χ0n) is 9.92. The largest absolute Gasteiger partial charge is 0.326 e. The van der Waals surface area contributed by atoms with E-state index in [0.29, 0.717) is 6.42 Å². The highest BCUT2D eigenvalue weighted by molar-refractivity contribution is 6.04. The number of nitrogens with one attached hydrogen (secondary N) is 1. The van der Waals surface area contributed by atoms with Crippen molar-refractivity contribution in [2.24, 2.45) is 0 Å². The first-order chi connectivity index (χ1) is 8.29. The minimum Gasteiger partial charge on any atom is -0.326 e. The molecule has 1 amide bonds. The van der Waals surface area contributed by atoms with Crippen molar-refractivity contribution in [3.63, 3.8) is 0 Å². The van der Waals surface area contributed by atoms with Gasteiger partial charge in [0.05, 0.1) is 0 Å². The van der Waals surface area contributed by atoms with Gasteiger partial charge in [-0.2, -0.15) is 0 Å². The van der Waals surface area contributed by atoms with Crippen LogP contribution in [0.15, 0.2) is 30.3 Å². The molecule has 0 spiro atoms. The van der Waals surface area contributed by atoms with Gasteiger partial charge in [0.25, 0.3) is 0 Å². The van der Waals surface area contributed by atoms with E-state index in [9.17, 15) is 4.79 Å². The van der Waals surface area contributed by atoms with Crippen molar-refractivity contribution >= 4 is 22.4 Å². The molecule has 2 nitrogen and oxygen atoms in total. The topological polar surface area (TPSA) is 29.1 Å². The van der Waals surface area contributed by atoms with Crippen molar-refractivity contribution < 1.29 is 4.79 Å². The number of benzene rings is 2. The van der Waals surface area contributed by atoms with Crippen molar-refractivity contribution in [1.82, 2.24) is 0 Å². The van der Waals surface area contributed by atoms with Crippen LogP contribution in [-0.2, 0) is 17.6 Å². The molecule has 2 aromatic rings. The zero-order chi connectivity index (χ0) is 11.8. The highest BCUT2D eigenvalue weighted by Crippen LogP contribution is 2.34. The lowest BCUT2D eigenvalue weighted by Crippen LogP contribution is -2.09. The summed E-state index contributed by atoms with van der Waals surface area (Å²) in [5.41, 5.74) is 3.76. The molecule has 0 atom stereocenters. The Balaban J connectivity index is 2.18. The molecule has 2 heteroatoms. The van der Waals surface area contributed by atoms with E-state index in [2.05, 4.69) is 29.6 Å². The molecule has 0 unspecified atom stereocenters. The zero-order valence-corrected chi connectivity index (χ0v) is 9.92. The van der Waals surface area contributed by atoms with Crippen LogP contribution in [0.3, 0.4) is 0 Å². The second kappa shape index (κ2) is 3.88. The molecule has 0 aromatic heterocycles. The van der Waals surface area contributed by atoms with E-state index >= 15 is 0 Å². The lowest BCUT2D eigenvalue weighted by molar-refractivity contribution is -0.115. The van der Waals surface area contributed by atoms with Crippen LogP contribution in [0, 0.1) is 0 Å². The standard InChI is InChI=1S/C15H15NO/c1-2-14(17)16-13-9-8-11-7-6-10-4-3-5-12(13)15(10)11/h3-5,8-9H,2,6-7H2,1H3,(H,16,17). The highest BCUT2D eigenvalue weighted by atomic mass is 16.1. The second-order valence-corrected chi connectivity index (χ2v) is 4.51. The Labute approximate surface area is 101 Å². The van der Waals surface area contributed by atoms with Gasteiger partial charge in [0.15, 0.2) is 0 Å². The molecular weight excluding hydrogens is 210 g/mol. The van der Waals surface area contributed by atoms with E-state index in [-0.39, 0.29) is 5.91 Å². The maximum atomic E-state index is 11.5. The highest BCUT2D eigenvalue weighted by Gasteiger charge is 2.16. The van der Waals surface area contributed by atoms with Gasteiger partial charge in [-0.1, -0.05) is 31.2 Å². The second-order valence-electron chi connectivity index (χ2n) is 4.51. The van der Waals surface area contributed by atoms with E-state index in [1.807, 2.05) is 13.0 Å². The van der Waals surface area contributed by atoms with Gasteiger partial charge in [-0.25, -0.2) is 0 Å². The molecule has 1 aliphatic carbocycles. The monoisotopic (exact) mass is 225 g/mol. The van der Waals surface area contributed by atoms with Crippen molar-refractivity contribution in [2.75, 3.05) is 5.32 Å². The Hall–Kier alpha value is -1.83. The number of anilines is 1. The predicted molar refractivity (Wildman–Crippen MR) is 70.3 cm³/mol. The Morgan fingerprint density at radius 2 is 1.94 bits per heavy atom. The number of amides is 1. The van der Waals surface area contributed by atoms with Crippen molar-refractivity contribution in [1.29, 1.82) is 0 Å². The van der Waals surface area contributed by atoms with Gasteiger partial charge >= 0.3 is 0 Å². The summed E-state index contributed by atoms with van der Waals surface area (Å²) < 4.78 is 0. The van der Waals surface area contributed by atoms with E-state index < -0.39 is 0 Å². The van der Waals surface area contributed by atoms with Crippen LogP contribution in [0.1, 0.15) is 24.5 Å². The number of carbonyl (C=O) groups is 1. The van der Waals surface area contributed by atoms with Crippen LogP contribution in [-0.4, -0.2) is 5.91 Å². The summed E-state index contributed by atoms with van der Waals surface area (Å²) >= 11 is 0. The van der Waals surface area contributed by atoms with Gasteiger partial charge in [0, 0.05) is 17.5 Å². The SMILES string of the molecule is CCC(=O)Nc1ccc2c3c(cccc13)CC2. The third kappa shape index (κ3) is 1.60. The third-order valence-electron chi connectivity index (χ3n) is 3.47. The van der Waals surface area contributed by atoms with Crippen LogP contribution in [0.5, 0.6) is 0 Å². The fourth-order valence-electron chi connectivity index (χ4n) is 2.59. The van der Waals surface area contributed by atoms with Gasteiger partial charge in [-0.3, -0.25) is 4.79 Å². The Bertz CT molecular complexity index is 591. The van der Waals surface area contributed by atoms with Crippen molar-refractivity contribution in [3.8, 4) is 0 Å². The van der Waals surface area contributed by atoms with E-state index in [4.69, 9.17) is 0 Å². The molecule has 86 valence electrons. The van der Waals surface area contributed by atoms with Gasteiger partial charge in [0.2, 0.25) is 5.91 Å². The van der Waals surface area contributed by atoms with Crippen LogP contribution in [0.2, 0.25) is 0 Å². The quantitative estimate of drug-likeness (QED) is 0.834. The fraction of sp³-hybridized carbons (Fsp3) is 0.267. The Morgan fingerprint density at radius 3 is 2.71 bits per heavy atom. The summed E-state index contributed by atoms with van der Waals surface area (Å²) in [6.07, 6.45) is 2.76. The van der Waals surface area contributed by atoms with Crippen LogP contribution < -0.4 is 5.32 Å². The van der Waals surface area contributed by atoms with Gasteiger partial charge in [-0.05, 0) is 35.4 Å². The van der Waals surface area contributed by atoms with Gasteiger partial charge < -0.3 is 5.32 Å². The molecule has 17 heavy (non-hydrogen) atoms. The predicted octanol–water partition coefficient (Wildman–Crippen LogP) is 3.29. The molecule has 2 aromatic carbocycles. The molecule has 1 aliphatic rings. The lowest BCUT2D eigenvalue weighted by atomic mass is 10.0. The van der Waals surface area contributed by atoms with Crippen LogP contribution in [0.25, 0.3) is 10.8 Å². The fourth-order valence-corrected chi connectivity index (χ4v) is 2.59. The number of hydrogen-bond acceptors (Lipinski definition) is 1. The molecule has 0 radical (unpaired) electrons. The van der Waals surface area contributed by atoms with E-state index in [1.54, 1.807) is 0 Å². The third-order valence-corrected chi connectivity index (χ3v) is 3.47. The molecule has 0 bridgehead atoms. The first-order valence-corrected chi connectivity index (χ1v) is 6.13. The van der Waals surface area contributed by atoms with Gasteiger partial charge in [0.1, 0.15) is 0 Å². The number of aryl methyl sites for hydroxylation is 2. The molecule has 0 aliphatic heterocycles. The average Bonchev–Trinajstić information content (AvgIpc) is 2.78. The molecule has 1 N–H and O–H groups in total. The maximum Gasteiger partial charge on any atom is 0.224 e. The molecule has 0 fully saturated rings. The number of rotatable bonds is 2.